The van der Waals surface area contributed by atoms with Gasteiger partial charge in [0, 0.05) is 38.0 Å². The molecule has 0 saturated carbocycles. The third-order valence-corrected chi connectivity index (χ3v) is 7.05. The molecule has 11 nitrogen and oxygen atoms in total. The van der Waals surface area contributed by atoms with Crippen LogP contribution in [0, 0.1) is 0 Å². The van der Waals surface area contributed by atoms with E-state index in [1.54, 1.807) is 49.6 Å². The number of benzene rings is 2. The lowest BCUT2D eigenvalue weighted by molar-refractivity contribution is -0.192. The van der Waals surface area contributed by atoms with Crippen molar-refractivity contribution in [2.45, 2.75) is 64.0 Å². The van der Waals surface area contributed by atoms with Crippen molar-refractivity contribution in [1.82, 2.24) is 10.2 Å². The maximum absolute atomic E-state index is 12.8. The monoisotopic (exact) mass is 642 g/mol. The summed E-state index contributed by atoms with van der Waals surface area (Å²) in [5, 5.41) is 31.2. The molecule has 45 heavy (non-hydrogen) atoms. The number of hydrogen-bond donors (Lipinski definition) is 4. The molecule has 2 aromatic carbocycles. The summed E-state index contributed by atoms with van der Waals surface area (Å²) >= 11 is 0. The highest BCUT2D eigenvalue weighted by molar-refractivity contribution is 5.96. The van der Waals surface area contributed by atoms with E-state index in [1.807, 2.05) is 4.90 Å². The molecule has 0 radical (unpaired) electrons. The van der Waals surface area contributed by atoms with Crippen molar-refractivity contribution in [3.63, 3.8) is 0 Å². The van der Waals surface area contributed by atoms with Crippen LogP contribution in [0.2, 0.25) is 0 Å². The van der Waals surface area contributed by atoms with Crippen molar-refractivity contribution >= 4 is 17.7 Å². The van der Waals surface area contributed by atoms with Gasteiger partial charge < -0.3 is 34.8 Å². The van der Waals surface area contributed by atoms with Crippen LogP contribution in [0.4, 0.5) is 13.2 Å². The third kappa shape index (κ3) is 11.9. The molecule has 2 aliphatic rings. The van der Waals surface area contributed by atoms with Gasteiger partial charge in [-0.3, -0.25) is 14.5 Å². The molecule has 0 spiro atoms. The average molecular weight is 643 g/mol. The van der Waals surface area contributed by atoms with Gasteiger partial charge in [0.15, 0.2) is 17.3 Å². The number of carboxylic acids is 1. The van der Waals surface area contributed by atoms with Crippen LogP contribution in [-0.4, -0.2) is 96.2 Å². The number of amides is 1. The predicted molar refractivity (Wildman–Crippen MR) is 158 cm³/mol. The number of carbonyl (C=O) groups is 3. The standard InChI is InChI=1S/C28H36N2O7.C2HF3O2.CH4/c1-35-22-9-6-19(7-10-22)24(32)4-2-3-5-27(33)29-23(18-30-13-12-21(31)17-30)28(34)20-8-11-25-26(16-20)37-15-14-36-25;3-2(4,5)1(6)7;/h6-11,16,21,23,28,31,34H,2-5,12-15,17-18H2,1H3,(H,29,33);(H,6,7);1H4/t21-,23+,28+;;/m0../s1. The topological polar surface area (TPSA) is 155 Å². The minimum absolute atomic E-state index is 0. The van der Waals surface area contributed by atoms with Crippen molar-refractivity contribution < 1.29 is 57.1 Å². The van der Waals surface area contributed by atoms with E-state index < -0.39 is 30.4 Å². The number of halogens is 3. The van der Waals surface area contributed by atoms with Gasteiger partial charge in [0.05, 0.1) is 19.3 Å². The minimum Gasteiger partial charge on any atom is -0.497 e. The van der Waals surface area contributed by atoms with E-state index in [0.717, 1.165) is 0 Å². The zero-order valence-corrected chi connectivity index (χ0v) is 24.2. The second-order valence-electron chi connectivity index (χ2n) is 10.4. The number of carbonyl (C=O) groups excluding carboxylic acids is 2. The van der Waals surface area contributed by atoms with Gasteiger partial charge in [-0.1, -0.05) is 13.5 Å². The van der Waals surface area contributed by atoms with Crippen molar-refractivity contribution in [3.05, 3.63) is 53.6 Å². The number of rotatable bonds is 12. The molecule has 4 N–H and O–H groups in total. The number of β-amino-alcohol motifs (C(OH)–C–C–N with tert-alkyl or cyclic N) is 1. The number of likely N-dealkylation sites (tertiary alicyclic amines) is 1. The molecular weight excluding hydrogens is 601 g/mol. The van der Waals surface area contributed by atoms with E-state index in [2.05, 4.69) is 5.32 Å². The maximum Gasteiger partial charge on any atom is 0.490 e. The van der Waals surface area contributed by atoms with Crippen LogP contribution >= 0.6 is 0 Å². The first-order valence-corrected chi connectivity index (χ1v) is 14.1. The van der Waals surface area contributed by atoms with Gasteiger partial charge in [0.1, 0.15) is 25.1 Å². The lowest BCUT2D eigenvalue weighted by atomic mass is 10.00. The Bertz CT molecular complexity index is 1260. The van der Waals surface area contributed by atoms with Crippen molar-refractivity contribution in [2.24, 2.45) is 0 Å². The summed E-state index contributed by atoms with van der Waals surface area (Å²) in [5.74, 6) is -1.00. The fraction of sp³-hybridized carbons (Fsp3) is 0.516. The van der Waals surface area contributed by atoms with Gasteiger partial charge in [0.25, 0.3) is 0 Å². The van der Waals surface area contributed by atoms with Gasteiger partial charge in [-0.25, -0.2) is 4.79 Å². The van der Waals surface area contributed by atoms with Gasteiger partial charge in [-0.05, 0) is 61.2 Å². The van der Waals surface area contributed by atoms with Gasteiger partial charge in [0.2, 0.25) is 5.91 Å². The average Bonchev–Trinajstić information content (AvgIpc) is 3.42. The highest BCUT2D eigenvalue weighted by atomic mass is 19.4. The SMILES string of the molecule is C.COc1ccc(C(=O)CCCCC(=O)N[C@H](CN2CC[C@H](O)C2)[C@H](O)c2ccc3c(c2)OCCO3)cc1.O=C(O)C(F)(F)F. The molecule has 0 bridgehead atoms. The molecule has 2 aromatic rings. The number of ketones is 1. The number of hydrogen-bond acceptors (Lipinski definition) is 9. The number of nitrogens with one attached hydrogen (secondary N) is 1. The van der Waals surface area contributed by atoms with E-state index in [4.69, 9.17) is 24.1 Å². The number of unbranched alkanes of at least 4 members (excludes halogenated alkanes) is 1. The Morgan fingerprint density at radius 1 is 1.04 bits per heavy atom. The fourth-order valence-corrected chi connectivity index (χ4v) is 4.73. The summed E-state index contributed by atoms with van der Waals surface area (Å²) in [5.41, 5.74) is 1.25. The number of Topliss-reactive ketones (excluding diaryl/α,β-unsaturated/α-hetero) is 1. The molecule has 0 unspecified atom stereocenters. The summed E-state index contributed by atoms with van der Waals surface area (Å²) in [7, 11) is 1.58. The Balaban J connectivity index is 0.000000791. The largest absolute Gasteiger partial charge is 0.497 e. The van der Waals surface area contributed by atoms with Crippen molar-refractivity contribution in [3.8, 4) is 17.2 Å². The number of aliphatic carboxylic acids is 1. The van der Waals surface area contributed by atoms with Crippen LogP contribution in [0.5, 0.6) is 17.2 Å². The van der Waals surface area contributed by atoms with Gasteiger partial charge in [-0.2, -0.15) is 13.2 Å². The Kier molecular flexibility index (Phi) is 14.6. The summed E-state index contributed by atoms with van der Waals surface area (Å²) in [6, 6.07) is 11.7. The predicted octanol–water partition coefficient (Wildman–Crippen LogP) is 3.76. The normalized spacial score (nSPS) is 17.2. The maximum atomic E-state index is 12.8. The first-order valence-electron chi connectivity index (χ1n) is 14.1. The molecule has 2 aliphatic heterocycles. The highest BCUT2D eigenvalue weighted by Gasteiger charge is 2.38. The number of aliphatic hydroxyl groups is 2. The Hall–Kier alpha value is -3.88. The zero-order valence-electron chi connectivity index (χ0n) is 24.2. The van der Waals surface area contributed by atoms with Gasteiger partial charge >= 0.3 is 12.1 Å². The first kappa shape index (κ1) is 37.3. The Morgan fingerprint density at radius 3 is 2.24 bits per heavy atom. The molecule has 0 aromatic heterocycles. The molecule has 250 valence electrons. The summed E-state index contributed by atoms with van der Waals surface area (Å²) in [6.07, 6.45) is -4.02. The van der Waals surface area contributed by atoms with E-state index >= 15 is 0 Å². The highest BCUT2D eigenvalue weighted by Crippen LogP contribution is 2.33. The number of alkyl halides is 3. The minimum atomic E-state index is -5.08. The van der Waals surface area contributed by atoms with E-state index in [9.17, 15) is 33.0 Å². The smallest absolute Gasteiger partial charge is 0.490 e. The van der Waals surface area contributed by atoms with Crippen LogP contribution < -0.4 is 19.5 Å². The van der Waals surface area contributed by atoms with Gasteiger partial charge in [-0.15, -0.1) is 0 Å². The van der Waals surface area contributed by atoms with E-state index in [-0.39, 0.29) is 25.5 Å². The van der Waals surface area contributed by atoms with Crippen LogP contribution in [-0.2, 0) is 9.59 Å². The second kappa shape index (κ2) is 17.6. The van der Waals surface area contributed by atoms with Crippen LogP contribution in [0.15, 0.2) is 42.5 Å². The Labute approximate surface area is 259 Å². The number of aliphatic hydroxyl groups excluding tert-OH is 2. The quantitative estimate of drug-likeness (QED) is 0.199. The van der Waals surface area contributed by atoms with Crippen LogP contribution in [0.25, 0.3) is 0 Å². The van der Waals surface area contributed by atoms with E-state index in [1.165, 1.54) is 0 Å². The number of methoxy groups -OCH3 is 1. The lowest BCUT2D eigenvalue weighted by Gasteiger charge is -2.29. The molecule has 14 heteroatoms. The summed E-state index contributed by atoms with van der Waals surface area (Å²) in [6.45, 7) is 2.55. The molecule has 0 aliphatic carbocycles. The molecule has 1 saturated heterocycles. The Morgan fingerprint density at radius 2 is 1.67 bits per heavy atom. The zero-order chi connectivity index (χ0) is 32.3. The summed E-state index contributed by atoms with van der Waals surface area (Å²) < 4.78 is 48.1. The van der Waals surface area contributed by atoms with Crippen LogP contribution in [0.3, 0.4) is 0 Å². The number of ether oxygens (including phenoxy) is 3. The van der Waals surface area contributed by atoms with Crippen molar-refractivity contribution in [1.29, 1.82) is 0 Å². The molecule has 1 amide bonds. The number of carboxylic acid groups (broad SMARTS) is 1. The number of nitrogens with zero attached hydrogens (tertiary/aromatic N) is 1. The van der Waals surface area contributed by atoms with Crippen LogP contribution in [0.1, 0.15) is 61.6 Å². The number of fused-ring (bicyclic) bond motifs is 1. The molecule has 3 atom stereocenters. The molecular formula is C31H41F3N2O9. The summed E-state index contributed by atoms with van der Waals surface area (Å²) in [4.78, 5) is 36.2. The molecule has 4 rings (SSSR count). The third-order valence-electron chi connectivity index (χ3n) is 7.05. The second-order valence-corrected chi connectivity index (χ2v) is 10.4. The lowest BCUT2D eigenvalue weighted by Crippen LogP contribution is -2.47. The van der Waals surface area contributed by atoms with E-state index in [0.29, 0.717) is 86.9 Å². The molecule has 1 fully saturated rings. The van der Waals surface area contributed by atoms with Crippen molar-refractivity contribution in [2.75, 3.05) is 40.0 Å². The first-order chi connectivity index (χ1) is 20.9. The fourth-order valence-electron chi connectivity index (χ4n) is 4.73. The molecule has 2 heterocycles.